The van der Waals surface area contributed by atoms with Crippen molar-refractivity contribution < 1.29 is 13.2 Å². The van der Waals surface area contributed by atoms with Crippen molar-refractivity contribution in [3.8, 4) is 0 Å². The number of halogens is 1. The minimum Gasteiger partial charge on any atom is -0.341 e. The van der Waals surface area contributed by atoms with Crippen LogP contribution in [0.5, 0.6) is 0 Å². The number of nitrogens with zero attached hydrogens (tertiary/aromatic N) is 2. The molecular formula is C16H26ClN3O3S. The highest BCUT2D eigenvalue weighted by Gasteiger charge is 2.27. The van der Waals surface area contributed by atoms with Gasteiger partial charge in [0.1, 0.15) is 0 Å². The van der Waals surface area contributed by atoms with E-state index in [0.29, 0.717) is 19.0 Å². The third-order valence-electron chi connectivity index (χ3n) is 4.17. The van der Waals surface area contributed by atoms with Crippen LogP contribution in [0.2, 0.25) is 0 Å². The number of sulfonamides is 1. The fraction of sp³-hybridized carbons (Fsp3) is 0.562. The largest absolute Gasteiger partial charge is 0.341 e. The minimum atomic E-state index is -3.62. The Morgan fingerprint density at radius 3 is 2.62 bits per heavy atom. The number of piperidine rings is 1. The summed E-state index contributed by atoms with van der Waals surface area (Å²) >= 11 is 0. The quantitative estimate of drug-likeness (QED) is 0.810. The second kappa shape index (κ2) is 9.36. The van der Waals surface area contributed by atoms with Gasteiger partial charge >= 0.3 is 0 Å². The Morgan fingerprint density at radius 1 is 1.33 bits per heavy atom. The number of rotatable bonds is 6. The highest BCUT2D eigenvalue weighted by molar-refractivity contribution is 7.89. The topological polar surface area (TPSA) is 69.7 Å². The fourth-order valence-corrected chi connectivity index (χ4v) is 4.04. The summed E-state index contributed by atoms with van der Waals surface area (Å²) in [5.41, 5.74) is 0. The maximum atomic E-state index is 12.5. The van der Waals surface area contributed by atoms with Crippen LogP contribution in [0, 0.1) is 5.92 Å². The van der Waals surface area contributed by atoms with Crippen molar-refractivity contribution >= 4 is 28.3 Å². The van der Waals surface area contributed by atoms with E-state index in [0.717, 1.165) is 23.7 Å². The zero-order valence-electron chi connectivity index (χ0n) is 14.1. The molecule has 0 radical (unpaired) electrons. The van der Waals surface area contributed by atoms with Crippen molar-refractivity contribution in [1.82, 2.24) is 14.5 Å². The third kappa shape index (κ3) is 5.17. The lowest BCUT2D eigenvalue weighted by Gasteiger charge is -2.33. The maximum Gasteiger partial charge on any atom is 0.243 e. The normalized spacial score (nSPS) is 18.3. The van der Waals surface area contributed by atoms with Crippen molar-refractivity contribution in [3.05, 3.63) is 30.3 Å². The molecule has 8 heteroatoms. The van der Waals surface area contributed by atoms with E-state index in [2.05, 4.69) is 5.32 Å². The van der Waals surface area contributed by atoms with Crippen LogP contribution in [0.15, 0.2) is 35.2 Å². The van der Waals surface area contributed by atoms with Gasteiger partial charge in [0.05, 0.1) is 11.4 Å². The lowest BCUT2D eigenvalue weighted by molar-refractivity contribution is -0.133. The van der Waals surface area contributed by atoms with Crippen LogP contribution in [0.4, 0.5) is 0 Å². The summed E-state index contributed by atoms with van der Waals surface area (Å²) in [5.74, 6) is 0.307. The molecule has 24 heavy (non-hydrogen) atoms. The number of hydrogen-bond acceptors (Lipinski definition) is 4. The van der Waals surface area contributed by atoms with Crippen LogP contribution in [-0.4, -0.2) is 63.8 Å². The molecule has 136 valence electrons. The van der Waals surface area contributed by atoms with Crippen molar-refractivity contribution in [1.29, 1.82) is 0 Å². The van der Waals surface area contributed by atoms with Crippen LogP contribution < -0.4 is 5.32 Å². The van der Waals surface area contributed by atoms with E-state index in [-0.39, 0.29) is 29.8 Å². The minimum absolute atomic E-state index is 0. The number of amides is 1. The van der Waals surface area contributed by atoms with Crippen molar-refractivity contribution in [2.24, 2.45) is 5.92 Å². The van der Waals surface area contributed by atoms with Gasteiger partial charge < -0.3 is 10.2 Å². The molecule has 1 amide bonds. The number of carbonyl (C=O) groups excluding carboxylic acids is 1. The first kappa shape index (κ1) is 20.9. The van der Waals surface area contributed by atoms with Gasteiger partial charge in [-0.25, -0.2) is 8.42 Å². The average molecular weight is 376 g/mol. The number of benzene rings is 1. The second-order valence-corrected chi connectivity index (χ2v) is 8.02. The molecule has 0 saturated carbocycles. The van der Waals surface area contributed by atoms with E-state index >= 15 is 0 Å². The van der Waals surface area contributed by atoms with E-state index in [1.807, 2.05) is 7.05 Å². The second-order valence-electron chi connectivity index (χ2n) is 5.98. The van der Waals surface area contributed by atoms with Gasteiger partial charge in [-0.2, -0.15) is 4.31 Å². The van der Waals surface area contributed by atoms with Gasteiger partial charge in [-0.05, 0) is 44.5 Å². The molecule has 1 N–H and O–H groups in total. The van der Waals surface area contributed by atoms with Gasteiger partial charge in [-0.1, -0.05) is 18.2 Å². The van der Waals surface area contributed by atoms with Crippen molar-refractivity contribution in [3.63, 3.8) is 0 Å². The number of likely N-dealkylation sites (N-methyl/N-ethyl adjacent to an activating group) is 1. The molecule has 1 aromatic carbocycles. The molecular weight excluding hydrogens is 350 g/mol. The molecule has 1 atom stereocenters. The first-order chi connectivity index (χ1) is 10.9. The highest BCUT2D eigenvalue weighted by Crippen LogP contribution is 2.17. The van der Waals surface area contributed by atoms with Crippen LogP contribution in [0.25, 0.3) is 0 Å². The maximum absolute atomic E-state index is 12.5. The molecule has 1 fully saturated rings. The summed E-state index contributed by atoms with van der Waals surface area (Å²) < 4.78 is 26.1. The van der Waals surface area contributed by atoms with Gasteiger partial charge in [0.2, 0.25) is 15.9 Å². The Bertz CT molecular complexity index is 623. The molecule has 2 rings (SSSR count). The van der Waals surface area contributed by atoms with Gasteiger partial charge in [-0.15, -0.1) is 12.4 Å². The Morgan fingerprint density at radius 2 is 2.00 bits per heavy atom. The Balaban J connectivity index is 0.00000288. The zero-order chi connectivity index (χ0) is 16.9. The predicted octanol–water partition coefficient (Wildman–Crippen LogP) is 1.19. The van der Waals surface area contributed by atoms with Gasteiger partial charge in [0.15, 0.2) is 0 Å². The Hall–Kier alpha value is -1.15. The van der Waals surface area contributed by atoms with E-state index in [9.17, 15) is 13.2 Å². The van der Waals surface area contributed by atoms with Gasteiger partial charge in [-0.3, -0.25) is 4.79 Å². The van der Waals surface area contributed by atoms with E-state index in [1.165, 1.54) is 7.05 Å². The summed E-state index contributed by atoms with van der Waals surface area (Å²) in [6.45, 7) is 2.16. The molecule has 1 aromatic rings. The molecule has 0 aromatic heterocycles. The van der Waals surface area contributed by atoms with Gasteiger partial charge in [0, 0.05) is 20.1 Å². The Labute approximate surface area is 150 Å². The molecule has 1 aliphatic heterocycles. The molecule has 1 aliphatic rings. The highest BCUT2D eigenvalue weighted by atomic mass is 35.5. The molecule has 6 nitrogen and oxygen atoms in total. The van der Waals surface area contributed by atoms with Gasteiger partial charge in [0.25, 0.3) is 0 Å². The van der Waals surface area contributed by atoms with E-state index < -0.39 is 10.0 Å². The lowest BCUT2D eigenvalue weighted by Crippen LogP contribution is -2.46. The summed E-state index contributed by atoms with van der Waals surface area (Å²) in [6.07, 6.45) is 2.07. The van der Waals surface area contributed by atoms with Crippen LogP contribution in [0.3, 0.4) is 0 Å². The lowest BCUT2D eigenvalue weighted by atomic mass is 9.98. The standard InChI is InChI=1S/C16H25N3O3S.ClH/c1-17-11-14-7-6-10-19(12-14)16(20)13-18(2)23(21,22)15-8-4-3-5-9-15;/h3-5,8-9,14,17H,6-7,10-13H2,1-2H3;1H. The summed E-state index contributed by atoms with van der Waals surface area (Å²) in [6, 6.07) is 8.20. The van der Waals surface area contributed by atoms with Crippen LogP contribution >= 0.6 is 12.4 Å². The Kier molecular flexibility index (Phi) is 8.15. The predicted molar refractivity (Wildman–Crippen MR) is 96.7 cm³/mol. The summed E-state index contributed by atoms with van der Waals surface area (Å²) in [5, 5.41) is 3.14. The van der Waals surface area contributed by atoms with Crippen LogP contribution in [-0.2, 0) is 14.8 Å². The van der Waals surface area contributed by atoms with E-state index in [4.69, 9.17) is 0 Å². The number of likely N-dealkylation sites (tertiary alicyclic amines) is 1. The fourth-order valence-electron chi connectivity index (χ4n) is 2.89. The number of carbonyl (C=O) groups is 1. The number of nitrogens with one attached hydrogen (secondary N) is 1. The molecule has 1 heterocycles. The smallest absolute Gasteiger partial charge is 0.243 e. The first-order valence-electron chi connectivity index (χ1n) is 7.89. The molecule has 1 unspecified atom stereocenters. The SMILES string of the molecule is CNCC1CCCN(C(=O)CN(C)S(=O)(=O)c2ccccc2)C1.Cl. The molecule has 1 saturated heterocycles. The monoisotopic (exact) mass is 375 g/mol. The van der Waals surface area contributed by atoms with Crippen LogP contribution in [0.1, 0.15) is 12.8 Å². The first-order valence-corrected chi connectivity index (χ1v) is 9.33. The number of hydrogen-bond donors (Lipinski definition) is 1. The summed E-state index contributed by atoms with van der Waals surface area (Å²) in [7, 11) is -0.266. The molecule has 0 bridgehead atoms. The van der Waals surface area contributed by atoms with Crippen molar-refractivity contribution in [2.45, 2.75) is 17.7 Å². The third-order valence-corrected chi connectivity index (χ3v) is 5.99. The van der Waals surface area contributed by atoms with E-state index in [1.54, 1.807) is 35.2 Å². The summed E-state index contributed by atoms with van der Waals surface area (Å²) in [4.78, 5) is 14.4. The molecule has 0 spiro atoms. The molecule has 0 aliphatic carbocycles. The average Bonchev–Trinajstić information content (AvgIpc) is 2.56. The van der Waals surface area contributed by atoms with Crippen molar-refractivity contribution in [2.75, 3.05) is 40.3 Å². The zero-order valence-corrected chi connectivity index (χ0v) is 15.8.